The van der Waals surface area contributed by atoms with Gasteiger partial charge in [0.15, 0.2) is 46.5 Å². The van der Waals surface area contributed by atoms with Crippen LogP contribution in [0, 0.1) is 46.5 Å². The number of fused-ring (bicyclic) bond motifs is 2. The molecule has 0 aliphatic carbocycles. The van der Waals surface area contributed by atoms with E-state index in [-0.39, 0.29) is 33.5 Å². The molecule has 0 fully saturated rings. The highest BCUT2D eigenvalue weighted by Gasteiger charge is 2.29. The van der Waals surface area contributed by atoms with Crippen molar-refractivity contribution in [3.8, 4) is 11.1 Å². The zero-order valence-electron chi connectivity index (χ0n) is 29.2. The second kappa shape index (κ2) is 15.6. The van der Waals surface area contributed by atoms with Crippen LogP contribution in [0.1, 0.15) is 11.1 Å². The fourth-order valence-corrected chi connectivity index (χ4v) is 12.1. The average Bonchev–Trinajstić information content (AvgIpc) is 3.20. The van der Waals surface area contributed by atoms with Gasteiger partial charge in [-0.1, -0.05) is 121 Å². The van der Waals surface area contributed by atoms with E-state index < -0.39 is 62.4 Å². The molecule has 278 valence electrons. The molecular formula is C46H28F8P2. The van der Waals surface area contributed by atoms with Gasteiger partial charge in [0.1, 0.15) is 0 Å². The van der Waals surface area contributed by atoms with Crippen molar-refractivity contribution < 1.29 is 35.1 Å². The van der Waals surface area contributed by atoms with Crippen LogP contribution in [0.2, 0.25) is 0 Å². The predicted octanol–water partition coefficient (Wildman–Crippen LogP) is 12.0. The van der Waals surface area contributed by atoms with Gasteiger partial charge in [0.2, 0.25) is 0 Å². The van der Waals surface area contributed by atoms with Crippen LogP contribution in [0.5, 0.6) is 0 Å². The molecule has 0 atom stereocenters. The molecule has 0 radical (unpaired) electrons. The Bertz CT molecular complexity index is 2490. The summed E-state index contributed by atoms with van der Waals surface area (Å²) in [5.74, 6) is -9.22. The maximum Gasteiger partial charge on any atom is 0.166 e. The van der Waals surface area contributed by atoms with Crippen LogP contribution in [0.25, 0.3) is 32.7 Å². The maximum absolute atomic E-state index is 15.7. The summed E-state index contributed by atoms with van der Waals surface area (Å²) in [5, 5.41) is 2.60. The fourth-order valence-electron chi connectivity index (χ4n) is 7.23. The van der Waals surface area contributed by atoms with Crippen molar-refractivity contribution in [2.24, 2.45) is 0 Å². The molecule has 0 bridgehead atoms. The minimum Gasteiger partial charge on any atom is -0.204 e. The molecule has 8 aromatic carbocycles. The summed E-state index contributed by atoms with van der Waals surface area (Å²) < 4.78 is 122. The Labute approximate surface area is 319 Å². The molecule has 10 heteroatoms. The summed E-state index contributed by atoms with van der Waals surface area (Å²) in [6.45, 7) is 0. The lowest BCUT2D eigenvalue weighted by atomic mass is 9.88. The SMILES string of the molecule is Fc1cccc(P(Cc2ccc3ccccc3c2-c2c(CP(c3cccc(F)c3F)c3cccc(F)c3F)ccc3ccccc23)c2cccc(F)c2F)c1F. The van der Waals surface area contributed by atoms with Gasteiger partial charge in [-0.15, -0.1) is 0 Å². The molecule has 0 saturated heterocycles. The highest BCUT2D eigenvalue weighted by molar-refractivity contribution is 7.72. The first-order valence-corrected chi connectivity index (χ1v) is 20.5. The highest BCUT2D eigenvalue weighted by Crippen LogP contribution is 2.49. The molecule has 0 unspecified atom stereocenters. The Morgan fingerprint density at radius 1 is 0.304 bits per heavy atom. The third kappa shape index (κ3) is 6.86. The van der Waals surface area contributed by atoms with Crippen LogP contribution in [-0.4, -0.2) is 0 Å². The largest absolute Gasteiger partial charge is 0.204 e. The Kier molecular flexibility index (Phi) is 10.5. The van der Waals surface area contributed by atoms with Crippen molar-refractivity contribution in [2.75, 3.05) is 0 Å². The number of hydrogen-bond donors (Lipinski definition) is 0. The van der Waals surface area contributed by atoms with Crippen LogP contribution in [0.3, 0.4) is 0 Å². The van der Waals surface area contributed by atoms with E-state index in [0.29, 0.717) is 22.3 Å². The van der Waals surface area contributed by atoms with Gasteiger partial charge in [0.05, 0.1) is 0 Å². The summed E-state index contributed by atoms with van der Waals surface area (Å²) >= 11 is 0. The highest BCUT2D eigenvalue weighted by atomic mass is 31.1. The lowest BCUT2D eigenvalue weighted by Crippen LogP contribution is -2.21. The molecule has 56 heavy (non-hydrogen) atoms. The number of rotatable bonds is 9. The van der Waals surface area contributed by atoms with Crippen molar-refractivity contribution >= 4 is 58.6 Å². The standard InChI is InChI=1S/C46H28F8P2/c47-33-13-5-17-37(43(33)51)55(38-18-6-14-34(48)44(38)52)25-29-23-21-27-9-1-3-11-31(27)41(29)42-30(24-22-28-10-2-4-12-32(28)42)26-56(39-19-7-15-35(49)45(39)53)40-20-8-16-36(50)46(40)54/h1-24H,25-26H2. The zero-order chi connectivity index (χ0) is 39.1. The van der Waals surface area contributed by atoms with Crippen molar-refractivity contribution in [3.63, 3.8) is 0 Å². The molecule has 0 aromatic heterocycles. The first-order valence-electron chi connectivity index (χ1n) is 17.4. The van der Waals surface area contributed by atoms with Gasteiger partial charge in [0.25, 0.3) is 0 Å². The van der Waals surface area contributed by atoms with Gasteiger partial charge in [-0.2, -0.15) is 0 Å². The molecule has 8 rings (SSSR count). The van der Waals surface area contributed by atoms with Crippen LogP contribution < -0.4 is 21.2 Å². The Balaban J connectivity index is 1.41. The summed E-state index contributed by atoms with van der Waals surface area (Å²) in [6.07, 6.45) is -0.130. The molecule has 0 saturated carbocycles. The zero-order valence-corrected chi connectivity index (χ0v) is 31.0. The first-order chi connectivity index (χ1) is 27.1. The van der Waals surface area contributed by atoms with Crippen LogP contribution in [-0.2, 0) is 12.3 Å². The summed E-state index contributed by atoms with van der Waals surface area (Å²) in [4.78, 5) is 0. The molecule has 0 spiro atoms. The van der Waals surface area contributed by atoms with Crippen molar-refractivity contribution in [3.05, 3.63) is 203 Å². The normalized spacial score (nSPS) is 11.7. The molecule has 0 aliphatic heterocycles. The molecule has 0 nitrogen and oxygen atoms in total. The molecule has 0 N–H and O–H groups in total. The third-order valence-electron chi connectivity index (χ3n) is 9.83. The lowest BCUT2D eigenvalue weighted by molar-refractivity contribution is 0.513. The second-order valence-electron chi connectivity index (χ2n) is 13.1. The minimum atomic E-state index is -2.13. The van der Waals surface area contributed by atoms with Gasteiger partial charge in [-0.3, -0.25) is 0 Å². The van der Waals surface area contributed by atoms with Crippen molar-refractivity contribution in [1.82, 2.24) is 0 Å². The molecule has 0 amide bonds. The van der Waals surface area contributed by atoms with Gasteiger partial charge in [-0.25, -0.2) is 35.1 Å². The van der Waals surface area contributed by atoms with E-state index in [9.17, 15) is 17.6 Å². The Morgan fingerprint density at radius 2 is 0.607 bits per heavy atom. The van der Waals surface area contributed by atoms with Crippen LogP contribution in [0.15, 0.2) is 146 Å². The minimum absolute atomic E-state index is 0.0648. The van der Waals surface area contributed by atoms with Gasteiger partial charge >= 0.3 is 0 Å². The third-order valence-corrected chi connectivity index (χ3v) is 14.8. The first kappa shape index (κ1) is 37.5. The Morgan fingerprint density at radius 3 is 0.929 bits per heavy atom. The van der Waals surface area contributed by atoms with E-state index in [1.54, 1.807) is 0 Å². The Hall–Kier alpha value is -5.42. The number of hydrogen-bond acceptors (Lipinski definition) is 0. The molecule has 8 aromatic rings. The average molecular weight is 795 g/mol. The lowest BCUT2D eigenvalue weighted by Gasteiger charge is -2.26. The van der Waals surface area contributed by atoms with E-state index in [1.807, 2.05) is 72.8 Å². The smallest absolute Gasteiger partial charge is 0.166 e. The predicted molar refractivity (Wildman–Crippen MR) is 212 cm³/mol. The van der Waals surface area contributed by atoms with Gasteiger partial charge < -0.3 is 0 Å². The number of halogens is 8. The van der Waals surface area contributed by atoms with Crippen molar-refractivity contribution in [2.45, 2.75) is 12.3 Å². The summed E-state index contributed by atoms with van der Waals surface area (Å²) in [5.41, 5.74) is 2.42. The fraction of sp³-hybridized carbons (Fsp3) is 0.0435. The van der Waals surface area contributed by atoms with Crippen LogP contribution >= 0.6 is 15.8 Å². The summed E-state index contributed by atoms with van der Waals surface area (Å²) in [7, 11) is -4.26. The second-order valence-corrected chi connectivity index (χ2v) is 17.4. The van der Waals surface area contributed by atoms with E-state index >= 15 is 17.6 Å². The molecule has 0 aliphatic rings. The number of benzene rings is 8. The van der Waals surface area contributed by atoms with E-state index in [0.717, 1.165) is 45.8 Å². The molecular weight excluding hydrogens is 766 g/mol. The van der Waals surface area contributed by atoms with Gasteiger partial charge in [-0.05, 0) is 83.9 Å². The summed E-state index contributed by atoms with van der Waals surface area (Å²) in [6, 6.07) is 36.9. The quantitative estimate of drug-likeness (QED) is 0.101. The van der Waals surface area contributed by atoms with E-state index in [1.165, 1.54) is 48.5 Å². The maximum atomic E-state index is 15.7. The molecule has 0 heterocycles. The van der Waals surface area contributed by atoms with Crippen molar-refractivity contribution in [1.29, 1.82) is 0 Å². The van der Waals surface area contributed by atoms with E-state index in [2.05, 4.69) is 0 Å². The topological polar surface area (TPSA) is 0 Å². The van der Waals surface area contributed by atoms with Crippen LogP contribution in [0.4, 0.5) is 35.1 Å². The van der Waals surface area contributed by atoms with E-state index in [4.69, 9.17) is 0 Å². The van der Waals surface area contributed by atoms with Gasteiger partial charge in [0, 0.05) is 33.5 Å². The monoisotopic (exact) mass is 794 g/mol.